The fourth-order valence-corrected chi connectivity index (χ4v) is 5.28. The molecule has 1 aliphatic rings. The molecule has 1 fully saturated rings. The lowest BCUT2D eigenvalue weighted by molar-refractivity contribution is -0.149. The van der Waals surface area contributed by atoms with Crippen LogP contribution in [0.3, 0.4) is 0 Å². The molecule has 1 aliphatic heterocycles. The Kier molecular flexibility index (Phi) is 16.3. The highest BCUT2D eigenvalue weighted by atomic mass is 32.1. The summed E-state index contributed by atoms with van der Waals surface area (Å²) in [5.74, 6) is -1.05. The average molecular weight is 618 g/mol. The normalized spacial score (nSPS) is 17.4. The van der Waals surface area contributed by atoms with Gasteiger partial charge in [-0.25, -0.2) is 4.98 Å². The molecule has 0 bridgehead atoms. The third-order valence-electron chi connectivity index (χ3n) is 6.94. The largest absolute Gasteiger partial charge is 0.460 e. The molecule has 1 aromatic carbocycles. The van der Waals surface area contributed by atoms with Crippen LogP contribution in [0.5, 0.6) is 0 Å². The van der Waals surface area contributed by atoms with E-state index >= 15 is 0 Å². The molecule has 2 aromatic rings. The first-order valence-electron chi connectivity index (χ1n) is 14.9. The summed E-state index contributed by atoms with van der Waals surface area (Å²) in [6, 6.07) is 7.66. The highest BCUT2D eigenvalue weighted by molar-refractivity contribution is 7.13. The maximum atomic E-state index is 12.9. The number of ether oxygens (including phenoxy) is 1. The summed E-state index contributed by atoms with van der Waals surface area (Å²) < 4.78 is 5.34. The smallest absolute Gasteiger partial charge is 0.306 e. The topological polar surface area (TPSA) is 144 Å². The lowest BCUT2D eigenvalue weighted by atomic mass is 9.85. The van der Waals surface area contributed by atoms with Gasteiger partial charge in [-0.15, -0.1) is 11.3 Å². The van der Waals surface area contributed by atoms with Crippen molar-refractivity contribution in [3.8, 4) is 10.4 Å². The lowest BCUT2D eigenvalue weighted by Gasteiger charge is -2.34. The van der Waals surface area contributed by atoms with Gasteiger partial charge >= 0.3 is 5.97 Å². The maximum absolute atomic E-state index is 12.9. The first-order chi connectivity index (χ1) is 20.3. The van der Waals surface area contributed by atoms with Crippen molar-refractivity contribution < 1.29 is 23.9 Å². The van der Waals surface area contributed by atoms with Crippen LogP contribution >= 0.6 is 11.3 Å². The average Bonchev–Trinajstić information content (AvgIpc) is 3.60. The van der Waals surface area contributed by atoms with Crippen LogP contribution in [-0.2, 0) is 23.9 Å². The molecule has 4 unspecified atom stereocenters. The number of nitrogens with zero attached hydrogens (tertiary/aromatic N) is 2. The zero-order valence-corrected chi connectivity index (χ0v) is 28.0. The van der Waals surface area contributed by atoms with Crippen molar-refractivity contribution in [2.45, 2.75) is 98.9 Å². The molecule has 240 valence electrons. The quantitative estimate of drug-likeness (QED) is 0.263. The molecule has 2 amide bonds. The van der Waals surface area contributed by atoms with Crippen molar-refractivity contribution in [3.63, 3.8) is 0 Å². The first-order valence-corrected chi connectivity index (χ1v) is 15.8. The summed E-state index contributed by atoms with van der Waals surface area (Å²) in [6.45, 7) is 15.6. The predicted molar refractivity (Wildman–Crippen MR) is 173 cm³/mol. The molecule has 11 heteroatoms. The summed E-state index contributed by atoms with van der Waals surface area (Å²) in [5.41, 5.74) is 10.4. The summed E-state index contributed by atoms with van der Waals surface area (Å²) in [7, 11) is 1.98. The number of aromatic nitrogens is 1. The Labute approximate surface area is 261 Å². The zero-order chi connectivity index (χ0) is 32.7. The van der Waals surface area contributed by atoms with Gasteiger partial charge in [0, 0.05) is 25.8 Å². The number of benzene rings is 1. The maximum Gasteiger partial charge on any atom is 0.306 e. The minimum atomic E-state index is -0.765. The minimum absolute atomic E-state index is 0.142. The molecule has 0 radical (unpaired) electrons. The number of amides is 2. The number of likely N-dealkylation sites (tertiary alicyclic amines) is 1. The Hall–Kier alpha value is -3.15. The summed E-state index contributed by atoms with van der Waals surface area (Å²) in [5, 5.41) is 5.89. The van der Waals surface area contributed by atoms with E-state index in [0.29, 0.717) is 25.3 Å². The number of nitrogens with two attached hydrogens (primary N) is 1. The minimum Gasteiger partial charge on any atom is -0.460 e. The molecular formula is C32H51N5O5S. The third kappa shape index (κ3) is 11.8. The van der Waals surface area contributed by atoms with E-state index in [1.54, 1.807) is 11.3 Å². The van der Waals surface area contributed by atoms with Crippen molar-refractivity contribution in [3.05, 3.63) is 41.0 Å². The molecule has 0 aliphatic carbocycles. The van der Waals surface area contributed by atoms with Gasteiger partial charge in [-0.1, -0.05) is 58.9 Å². The molecule has 0 saturated carbocycles. The number of carbonyl (C=O) groups excluding carboxylic acids is 4. The molecule has 2 heterocycles. The van der Waals surface area contributed by atoms with Crippen LogP contribution in [0, 0.1) is 12.3 Å². The van der Waals surface area contributed by atoms with Crippen molar-refractivity contribution in [2.24, 2.45) is 11.1 Å². The van der Waals surface area contributed by atoms with Gasteiger partial charge < -0.3 is 30.8 Å². The van der Waals surface area contributed by atoms with Crippen LogP contribution in [0.1, 0.15) is 85.0 Å². The van der Waals surface area contributed by atoms with Gasteiger partial charge in [0.15, 0.2) is 0 Å². The van der Waals surface area contributed by atoms with Crippen molar-refractivity contribution >= 4 is 35.4 Å². The molecular weight excluding hydrogens is 566 g/mol. The van der Waals surface area contributed by atoms with Crippen molar-refractivity contribution in [1.82, 2.24) is 20.5 Å². The molecule has 10 nitrogen and oxygen atoms in total. The SMILES string of the molecule is CC.CC(=O)NC(C(=O)N1CC(OC(=O)CCCN)CC1C=O)C(C)(C)C.CNC(C)c1ccc(-c2scnc2C)cc1. The molecule has 1 saturated heterocycles. The summed E-state index contributed by atoms with van der Waals surface area (Å²) >= 11 is 1.70. The second-order valence-electron chi connectivity index (χ2n) is 11.3. The zero-order valence-electron chi connectivity index (χ0n) is 27.2. The molecule has 1 aromatic heterocycles. The van der Waals surface area contributed by atoms with E-state index in [1.807, 2.05) is 47.2 Å². The van der Waals surface area contributed by atoms with Gasteiger partial charge in [-0.3, -0.25) is 14.4 Å². The van der Waals surface area contributed by atoms with E-state index in [1.165, 1.54) is 27.8 Å². The number of hydrogen-bond donors (Lipinski definition) is 3. The molecule has 4 N–H and O–H groups in total. The van der Waals surface area contributed by atoms with E-state index in [-0.39, 0.29) is 37.2 Å². The van der Waals surface area contributed by atoms with E-state index < -0.39 is 23.6 Å². The summed E-state index contributed by atoms with van der Waals surface area (Å²) in [6.07, 6.45) is 1.16. The van der Waals surface area contributed by atoms with Gasteiger partial charge in [-0.05, 0) is 50.4 Å². The van der Waals surface area contributed by atoms with E-state index in [4.69, 9.17) is 10.5 Å². The first kappa shape index (κ1) is 37.9. The summed E-state index contributed by atoms with van der Waals surface area (Å²) in [4.78, 5) is 54.4. The van der Waals surface area contributed by atoms with Gasteiger partial charge in [-0.2, -0.15) is 0 Å². The van der Waals surface area contributed by atoms with Gasteiger partial charge in [0.1, 0.15) is 18.4 Å². The number of esters is 1. The highest BCUT2D eigenvalue weighted by Gasteiger charge is 2.43. The van der Waals surface area contributed by atoms with Gasteiger partial charge in [0.05, 0.1) is 28.7 Å². The molecule has 4 atom stereocenters. The number of aldehydes is 1. The number of nitrogens with one attached hydrogen (secondary N) is 2. The Morgan fingerprint density at radius 3 is 2.30 bits per heavy atom. The van der Waals surface area contributed by atoms with Crippen LogP contribution in [0.2, 0.25) is 0 Å². The second kappa shape index (κ2) is 18.5. The number of carbonyl (C=O) groups is 4. The Bertz CT molecular complexity index is 1160. The lowest BCUT2D eigenvalue weighted by Crippen LogP contribution is -2.55. The Morgan fingerprint density at radius 2 is 1.84 bits per heavy atom. The predicted octanol–water partition coefficient (Wildman–Crippen LogP) is 4.41. The Morgan fingerprint density at radius 1 is 1.21 bits per heavy atom. The highest BCUT2D eigenvalue weighted by Crippen LogP contribution is 2.28. The number of thiazole rings is 1. The van der Waals surface area contributed by atoms with Crippen LogP contribution < -0.4 is 16.4 Å². The van der Waals surface area contributed by atoms with Crippen LogP contribution in [0.4, 0.5) is 0 Å². The van der Waals surface area contributed by atoms with Crippen molar-refractivity contribution in [2.75, 3.05) is 20.1 Å². The fourth-order valence-electron chi connectivity index (χ4n) is 4.47. The standard InChI is InChI=1S/C17H29N3O5.C13H16N2S.C2H6/c1-11(22)19-15(17(2,3)4)16(24)20-9-13(8-12(20)10-21)25-14(23)6-5-7-18;1-9(14-3)11-4-6-12(7-5-11)13-10(2)15-8-16-13;1-2/h10,12-13,15H,5-9,18H2,1-4H3,(H,19,22);4-9,14H,1-3H3;1-2H3. The monoisotopic (exact) mass is 617 g/mol. The third-order valence-corrected chi connectivity index (χ3v) is 7.92. The second-order valence-corrected chi connectivity index (χ2v) is 12.2. The van der Waals surface area contributed by atoms with E-state index in [2.05, 4.69) is 53.7 Å². The fraction of sp³-hybridized carbons (Fsp3) is 0.594. The number of aryl methyl sites for hydroxylation is 1. The van der Waals surface area contributed by atoms with E-state index in [9.17, 15) is 19.2 Å². The Balaban J connectivity index is 0.000000439. The number of hydrogen-bond acceptors (Lipinski definition) is 9. The van der Waals surface area contributed by atoms with Gasteiger partial charge in [0.25, 0.3) is 0 Å². The van der Waals surface area contributed by atoms with Crippen LogP contribution in [0.25, 0.3) is 10.4 Å². The van der Waals surface area contributed by atoms with Crippen LogP contribution in [-0.4, -0.2) is 72.3 Å². The van der Waals surface area contributed by atoms with Crippen molar-refractivity contribution in [1.29, 1.82) is 0 Å². The number of rotatable bonds is 10. The van der Waals surface area contributed by atoms with E-state index in [0.717, 1.165) is 5.69 Å². The molecule has 43 heavy (non-hydrogen) atoms. The molecule has 0 spiro atoms. The molecule has 3 rings (SSSR count). The van der Waals surface area contributed by atoms with Crippen LogP contribution in [0.15, 0.2) is 29.8 Å². The van der Waals surface area contributed by atoms with Gasteiger partial charge in [0.2, 0.25) is 11.8 Å².